The van der Waals surface area contributed by atoms with Crippen LogP contribution in [0.5, 0.6) is 5.75 Å². The summed E-state index contributed by atoms with van der Waals surface area (Å²) in [6.07, 6.45) is 4.88. The molecule has 1 unspecified atom stereocenters. The number of rotatable bonds is 8. The molecule has 0 radical (unpaired) electrons. The van der Waals surface area contributed by atoms with Gasteiger partial charge in [0.25, 0.3) is 0 Å². The van der Waals surface area contributed by atoms with Gasteiger partial charge in [-0.2, -0.15) is 0 Å². The van der Waals surface area contributed by atoms with Gasteiger partial charge < -0.3 is 10.0 Å². The van der Waals surface area contributed by atoms with Crippen molar-refractivity contribution < 1.29 is 5.11 Å². The standard InChI is InChI=1S/C64H56N4O/c1-8-48-38-46-20-16-26-53(61(46)67(48)49-21-11-9-12-22-49)43-34-35-65-56(39-43)44-19-15-18-41(36-44)52-25-17-27-57-60(52)66-62(68(57)50-23-13-10-14-24-50)54-31-28-45(40-58(54)69)59-51-32-30-47(63(2,3)4)37-42(51)29-33-55(59)64(5,6)7/h8-37,39-40,48,69H,1,38H2,2-7H3. The number of hydrogen-bond acceptors (Lipinski definition) is 4. The highest BCUT2D eigenvalue weighted by Crippen LogP contribution is 2.47. The maximum atomic E-state index is 12.3. The Morgan fingerprint density at radius 1 is 0.594 bits per heavy atom. The molecule has 0 spiro atoms. The number of nitrogens with zero attached hydrogens (tertiary/aromatic N) is 4. The molecule has 0 aliphatic carbocycles. The van der Waals surface area contributed by atoms with Crippen molar-refractivity contribution in [3.05, 3.63) is 218 Å². The second kappa shape index (κ2) is 16.9. The van der Waals surface area contributed by atoms with Crippen molar-refractivity contribution in [3.8, 4) is 67.5 Å². The molecule has 0 saturated carbocycles. The molecular formula is C64H56N4O. The summed E-state index contributed by atoms with van der Waals surface area (Å²) in [6.45, 7) is 17.8. The van der Waals surface area contributed by atoms with Crippen LogP contribution in [0.15, 0.2) is 201 Å². The van der Waals surface area contributed by atoms with Gasteiger partial charge in [-0.15, -0.1) is 6.58 Å². The van der Waals surface area contributed by atoms with Gasteiger partial charge in [-0.25, -0.2) is 4.98 Å². The minimum Gasteiger partial charge on any atom is -0.507 e. The van der Waals surface area contributed by atoms with E-state index in [4.69, 9.17) is 9.97 Å². The lowest BCUT2D eigenvalue weighted by Crippen LogP contribution is -2.25. The van der Waals surface area contributed by atoms with Crippen LogP contribution in [0, 0.1) is 0 Å². The number of aromatic nitrogens is 3. The molecule has 10 aromatic rings. The Labute approximate surface area is 405 Å². The SMILES string of the molecule is C=CC1Cc2cccc(-c3ccnc(-c4cccc(-c5cccc6c5nc(-c5ccc(-c7c(C(C)(C)C)ccc8cc(C(C)(C)C)ccc78)cc5O)n6-c5ccccc5)c4)c3)c2N1c1ccccc1. The number of phenols is 1. The fourth-order valence-electron chi connectivity index (χ4n) is 10.4. The van der Waals surface area contributed by atoms with Crippen LogP contribution in [-0.2, 0) is 17.3 Å². The lowest BCUT2D eigenvalue weighted by Gasteiger charge is -2.27. The lowest BCUT2D eigenvalue weighted by atomic mass is 9.78. The third kappa shape index (κ3) is 7.78. The van der Waals surface area contributed by atoms with Gasteiger partial charge in [0.1, 0.15) is 11.6 Å². The van der Waals surface area contributed by atoms with E-state index < -0.39 is 0 Å². The predicted molar refractivity (Wildman–Crippen MR) is 289 cm³/mol. The molecule has 8 aromatic carbocycles. The first-order valence-corrected chi connectivity index (χ1v) is 24.0. The number of phenolic OH excluding ortho intramolecular Hbond substituents is 1. The van der Waals surface area contributed by atoms with Crippen LogP contribution in [0.3, 0.4) is 0 Å². The van der Waals surface area contributed by atoms with Crippen molar-refractivity contribution >= 4 is 33.2 Å². The van der Waals surface area contributed by atoms with Crippen molar-refractivity contribution in [3.63, 3.8) is 0 Å². The van der Waals surface area contributed by atoms with Crippen LogP contribution in [0.2, 0.25) is 0 Å². The summed E-state index contributed by atoms with van der Waals surface area (Å²) in [5.74, 6) is 0.842. The van der Waals surface area contributed by atoms with Crippen molar-refractivity contribution in [2.75, 3.05) is 4.90 Å². The smallest absolute Gasteiger partial charge is 0.149 e. The Hall–Kier alpha value is -8.02. The van der Waals surface area contributed by atoms with Crippen molar-refractivity contribution in [1.82, 2.24) is 14.5 Å². The molecule has 0 bridgehead atoms. The summed E-state index contributed by atoms with van der Waals surface area (Å²) in [4.78, 5) is 12.8. The summed E-state index contributed by atoms with van der Waals surface area (Å²) in [5.41, 5.74) is 17.8. The first-order valence-electron chi connectivity index (χ1n) is 24.0. The molecular weight excluding hydrogens is 841 g/mol. The highest BCUT2D eigenvalue weighted by Gasteiger charge is 2.31. The molecule has 11 rings (SSSR count). The summed E-state index contributed by atoms with van der Waals surface area (Å²) in [6, 6.07) is 64.4. The highest BCUT2D eigenvalue weighted by atomic mass is 16.3. The molecule has 5 heteroatoms. The molecule has 0 saturated heterocycles. The van der Waals surface area contributed by atoms with E-state index in [1.807, 2.05) is 36.5 Å². The van der Waals surface area contributed by atoms with E-state index in [0.717, 1.165) is 67.9 Å². The average molecular weight is 897 g/mol. The van der Waals surface area contributed by atoms with E-state index >= 15 is 0 Å². The van der Waals surface area contributed by atoms with Crippen LogP contribution in [0.1, 0.15) is 58.2 Å². The summed E-state index contributed by atoms with van der Waals surface area (Å²) >= 11 is 0. The zero-order chi connectivity index (χ0) is 47.6. The van der Waals surface area contributed by atoms with Crippen LogP contribution in [-0.4, -0.2) is 25.7 Å². The number of imidazole rings is 1. The molecule has 0 fully saturated rings. The van der Waals surface area contributed by atoms with E-state index in [2.05, 4.69) is 215 Å². The van der Waals surface area contributed by atoms with E-state index in [9.17, 15) is 5.11 Å². The van der Waals surface area contributed by atoms with Gasteiger partial charge in [-0.1, -0.05) is 169 Å². The topological polar surface area (TPSA) is 54.2 Å². The molecule has 3 heterocycles. The van der Waals surface area contributed by atoms with Crippen molar-refractivity contribution in [2.24, 2.45) is 0 Å². The number of hydrogen-bond donors (Lipinski definition) is 1. The second-order valence-electron chi connectivity index (χ2n) is 20.5. The van der Waals surface area contributed by atoms with Crippen molar-refractivity contribution in [2.45, 2.75) is 64.8 Å². The van der Waals surface area contributed by atoms with E-state index in [1.165, 1.54) is 38.7 Å². The van der Waals surface area contributed by atoms with Crippen LogP contribution in [0.4, 0.5) is 11.4 Å². The minimum atomic E-state index is -0.129. The number of para-hydroxylation sites is 4. The van der Waals surface area contributed by atoms with Crippen LogP contribution in [0.25, 0.3) is 83.5 Å². The van der Waals surface area contributed by atoms with Gasteiger partial charge in [0, 0.05) is 34.3 Å². The zero-order valence-corrected chi connectivity index (χ0v) is 40.2. The molecule has 1 aliphatic rings. The number of fused-ring (bicyclic) bond motifs is 3. The third-order valence-electron chi connectivity index (χ3n) is 13.9. The van der Waals surface area contributed by atoms with Gasteiger partial charge in [0.2, 0.25) is 0 Å². The van der Waals surface area contributed by atoms with Gasteiger partial charge in [-0.05, 0) is 128 Å². The van der Waals surface area contributed by atoms with Gasteiger partial charge in [-0.3, -0.25) is 9.55 Å². The molecule has 2 aromatic heterocycles. The van der Waals surface area contributed by atoms with Gasteiger partial charge >= 0.3 is 0 Å². The van der Waals surface area contributed by atoms with E-state index in [-0.39, 0.29) is 22.6 Å². The Morgan fingerprint density at radius 2 is 1.30 bits per heavy atom. The Balaban J connectivity index is 1.01. The second-order valence-corrected chi connectivity index (χ2v) is 20.5. The Morgan fingerprint density at radius 3 is 2.04 bits per heavy atom. The van der Waals surface area contributed by atoms with Gasteiger partial charge in [0.05, 0.1) is 34.0 Å². The average Bonchev–Trinajstić information content (AvgIpc) is 3.95. The van der Waals surface area contributed by atoms with Crippen LogP contribution >= 0.6 is 0 Å². The number of aromatic hydroxyl groups is 1. The first-order chi connectivity index (χ1) is 33.4. The maximum Gasteiger partial charge on any atom is 0.149 e. The monoisotopic (exact) mass is 896 g/mol. The molecule has 1 N–H and O–H groups in total. The fraction of sp³-hybridized carbons (Fsp3) is 0.156. The maximum absolute atomic E-state index is 12.3. The molecule has 1 atom stereocenters. The summed E-state index contributed by atoms with van der Waals surface area (Å²) in [7, 11) is 0. The Bertz CT molecular complexity index is 3590. The number of benzene rings is 8. The predicted octanol–water partition coefficient (Wildman–Crippen LogP) is 16.5. The molecule has 338 valence electrons. The fourth-order valence-corrected chi connectivity index (χ4v) is 10.4. The van der Waals surface area contributed by atoms with Crippen LogP contribution < -0.4 is 4.90 Å². The number of anilines is 2. The minimum absolute atomic E-state index is 0.0264. The molecule has 1 aliphatic heterocycles. The quantitative estimate of drug-likeness (QED) is 0.154. The summed E-state index contributed by atoms with van der Waals surface area (Å²) in [5, 5.41) is 14.6. The largest absolute Gasteiger partial charge is 0.507 e. The highest BCUT2D eigenvalue weighted by molar-refractivity contribution is 6.01. The Kier molecular flexibility index (Phi) is 10.7. The molecule has 69 heavy (non-hydrogen) atoms. The number of pyridine rings is 1. The normalized spacial score (nSPS) is 13.8. The lowest BCUT2D eigenvalue weighted by molar-refractivity contribution is 0.477. The van der Waals surface area contributed by atoms with Crippen molar-refractivity contribution in [1.29, 1.82) is 0 Å². The molecule has 0 amide bonds. The first kappa shape index (κ1) is 43.5. The van der Waals surface area contributed by atoms with E-state index in [1.54, 1.807) is 0 Å². The van der Waals surface area contributed by atoms with E-state index in [0.29, 0.717) is 11.4 Å². The summed E-state index contributed by atoms with van der Waals surface area (Å²) < 4.78 is 2.17. The third-order valence-corrected chi connectivity index (χ3v) is 13.9. The van der Waals surface area contributed by atoms with Gasteiger partial charge in [0.15, 0.2) is 0 Å². The zero-order valence-electron chi connectivity index (χ0n) is 40.2. The molecule has 5 nitrogen and oxygen atoms in total.